The number of fused-ring (bicyclic) bond motifs is 2. The molecule has 1 nitrogen and oxygen atoms in total. The summed E-state index contributed by atoms with van der Waals surface area (Å²) in [5.41, 5.74) is -0.244. The van der Waals surface area contributed by atoms with Crippen LogP contribution in [0.2, 0.25) is 0 Å². The van der Waals surface area contributed by atoms with Gasteiger partial charge in [-0.15, -0.1) is 0 Å². The largest absolute Gasteiger partial charge is 0.280 e. The normalized spacial score (nSPS) is 42.7. The van der Waals surface area contributed by atoms with Crippen molar-refractivity contribution < 1.29 is 4.79 Å². The van der Waals surface area contributed by atoms with E-state index in [1.165, 1.54) is 0 Å². The van der Waals surface area contributed by atoms with Crippen LogP contribution in [-0.4, -0.2) is 5.24 Å². The van der Waals surface area contributed by atoms with Crippen LogP contribution in [0.5, 0.6) is 0 Å². The van der Waals surface area contributed by atoms with Crippen LogP contribution in [0.15, 0.2) is 12.2 Å². The Bertz CT molecular complexity index is 209. The highest BCUT2D eigenvalue weighted by molar-refractivity contribution is 6.65. The van der Waals surface area contributed by atoms with E-state index in [0.717, 1.165) is 19.3 Å². The Morgan fingerprint density at radius 2 is 2.50 bits per heavy atom. The fourth-order valence-electron chi connectivity index (χ4n) is 1.99. The summed E-state index contributed by atoms with van der Waals surface area (Å²) in [7, 11) is 0. The van der Waals surface area contributed by atoms with Gasteiger partial charge in [-0.05, 0) is 36.8 Å². The Kier molecular flexibility index (Phi) is 1.19. The molecule has 1 saturated carbocycles. The van der Waals surface area contributed by atoms with E-state index in [0.29, 0.717) is 5.92 Å². The SMILES string of the molecule is O=C(Cl)C12C=CC(CC1)C2. The first-order chi connectivity index (χ1) is 4.73. The van der Waals surface area contributed by atoms with Crippen molar-refractivity contribution in [3.63, 3.8) is 0 Å². The predicted molar refractivity (Wildman–Crippen MR) is 39.8 cm³/mol. The Morgan fingerprint density at radius 1 is 1.70 bits per heavy atom. The Labute approximate surface area is 65.1 Å². The van der Waals surface area contributed by atoms with Crippen molar-refractivity contribution in [1.29, 1.82) is 0 Å². The van der Waals surface area contributed by atoms with E-state index in [-0.39, 0.29) is 10.7 Å². The molecule has 0 N–H and O–H groups in total. The van der Waals surface area contributed by atoms with Crippen molar-refractivity contribution in [1.82, 2.24) is 0 Å². The van der Waals surface area contributed by atoms with Gasteiger partial charge in [-0.25, -0.2) is 0 Å². The second-order valence-electron chi connectivity index (χ2n) is 3.29. The number of halogens is 1. The first kappa shape index (κ1) is 6.41. The summed E-state index contributed by atoms with van der Waals surface area (Å²) in [6, 6.07) is 0. The molecule has 0 radical (unpaired) electrons. The molecule has 10 heavy (non-hydrogen) atoms. The minimum atomic E-state index is -0.244. The van der Waals surface area contributed by atoms with Gasteiger partial charge >= 0.3 is 0 Å². The Morgan fingerprint density at radius 3 is 2.70 bits per heavy atom. The molecule has 0 saturated heterocycles. The summed E-state index contributed by atoms with van der Waals surface area (Å²) in [6.07, 6.45) is 7.21. The van der Waals surface area contributed by atoms with E-state index in [1.54, 1.807) is 0 Å². The number of allylic oxidation sites excluding steroid dienone is 2. The van der Waals surface area contributed by atoms with Crippen molar-refractivity contribution in [2.45, 2.75) is 19.3 Å². The summed E-state index contributed by atoms with van der Waals surface area (Å²) in [5, 5.41) is -0.163. The average molecular weight is 157 g/mol. The zero-order valence-electron chi connectivity index (χ0n) is 5.64. The zero-order valence-corrected chi connectivity index (χ0v) is 6.40. The topological polar surface area (TPSA) is 17.1 Å². The van der Waals surface area contributed by atoms with Crippen molar-refractivity contribution in [3.8, 4) is 0 Å². The summed E-state index contributed by atoms with van der Waals surface area (Å²) in [4.78, 5) is 10.9. The van der Waals surface area contributed by atoms with E-state index < -0.39 is 0 Å². The number of hydrogen-bond donors (Lipinski definition) is 0. The minimum absolute atomic E-state index is 0.163. The van der Waals surface area contributed by atoms with Crippen molar-refractivity contribution in [3.05, 3.63) is 12.2 Å². The molecule has 2 rings (SSSR count). The molecule has 2 atom stereocenters. The van der Waals surface area contributed by atoms with E-state index in [1.807, 2.05) is 6.08 Å². The van der Waals surface area contributed by atoms with Crippen LogP contribution in [0.3, 0.4) is 0 Å². The molecule has 0 spiro atoms. The van der Waals surface area contributed by atoms with Gasteiger partial charge in [0.05, 0.1) is 5.41 Å². The van der Waals surface area contributed by atoms with E-state index >= 15 is 0 Å². The molecule has 2 bridgehead atoms. The molecule has 2 heteroatoms. The molecule has 0 aromatic heterocycles. The van der Waals surface area contributed by atoms with Gasteiger partial charge in [-0.2, -0.15) is 0 Å². The molecule has 2 aliphatic carbocycles. The second-order valence-corrected chi connectivity index (χ2v) is 3.64. The van der Waals surface area contributed by atoms with Gasteiger partial charge in [-0.1, -0.05) is 12.2 Å². The molecule has 0 heterocycles. The quantitative estimate of drug-likeness (QED) is 0.420. The van der Waals surface area contributed by atoms with Crippen LogP contribution >= 0.6 is 11.6 Å². The Balaban J connectivity index is 2.32. The molecule has 2 unspecified atom stereocenters. The van der Waals surface area contributed by atoms with E-state index in [9.17, 15) is 4.79 Å². The van der Waals surface area contributed by atoms with E-state index in [4.69, 9.17) is 11.6 Å². The summed E-state index contributed by atoms with van der Waals surface area (Å²) < 4.78 is 0. The maximum atomic E-state index is 10.9. The lowest BCUT2D eigenvalue weighted by Gasteiger charge is -2.16. The summed E-state index contributed by atoms with van der Waals surface area (Å²) in [5.74, 6) is 0.641. The molecule has 0 aromatic rings. The van der Waals surface area contributed by atoms with Gasteiger partial charge in [0.2, 0.25) is 5.24 Å². The highest BCUT2D eigenvalue weighted by atomic mass is 35.5. The first-order valence-electron chi connectivity index (χ1n) is 3.62. The lowest BCUT2D eigenvalue weighted by atomic mass is 9.90. The standard InChI is InChI=1S/C8H9ClO/c9-7(10)8-3-1-6(5-8)2-4-8/h1,3,6H,2,4-5H2. The molecular formula is C8H9ClO. The van der Waals surface area contributed by atoms with Crippen LogP contribution in [0.4, 0.5) is 0 Å². The molecule has 2 aliphatic rings. The third-order valence-electron chi connectivity index (χ3n) is 2.67. The first-order valence-corrected chi connectivity index (χ1v) is 4.00. The summed E-state index contributed by atoms with van der Waals surface area (Å²) >= 11 is 5.48. The Hall–Kier alpha value is -0.300. The van der Waals surface area contributed by atoms with Gasteiger partial charge in [0.25, 0.3) is 0 Å². The maximum Gasteiger partial charge on any atom is 0.231 e. The fraction of sp³-hybridized carbons (Fsp3) is 0.625. The van der Waals surface area contributed by atoms with Crippen molar-refractivity contribution >= 4 is 16.8 Å². The molecule has 54 valence electrons. The van der Waals surface area contributed by atoms with Gasteiger partial charge in [0.1, 0.15) is 0 Å². The number of rotatable bonds is 1. The van der Waals surface area contributed by atoms with Gasteiger partial charge in [0.15, 0.2) is 0 Å². The van der Waals surface area contributed by atoms with Crippen molar-refractivity contribution in [2.24, 2.45) is 11.3 Å². The third kappa shape index (κ3) is 0.671. The van der Waals surface area contributed by atoms with Crippen LogP contribution in [-0.2, 0) is 4.79 Å². The van der Waals surface area contributed by atoms with Gasteiger partial charge in [-0.3, -0.25) is 4.79 Å². The highest BCUT2D eigenvalue weighted by Gasteiger charge is 2.45. The third-order valence-corrected chi connectivity index (χ3v) is 3.04. The predicted octanol–water partition coefficient (Wildman–Crippen LogP) is 2.11. The van der Waals surface area contributed by atoms with E-state index in [2.05, 4.69) is 6.08 Å². The fourth-order valence-corrected chi connectivity index (χ4v) is 2.23. The average Bonchev–Trinajstić information content (AvgIpc) is 2.45. The highest BCUT2D eigenvalue weighted by Crippen LogP contribution is 2.50. The van der Waals surface area contributed by atoms with Gasteiger partial charge in [0, 0.05) is 0 Å². The second kappa shape index (κ2) is 1.85. The maximum absolute atomic E-state index is 10.9. The molecule has 1 fully saturated rings. The van der Waals surface area contributed by atoms with Crippen LogP contribution in [0.25, 0.3) is 0 Å². The lowest BCUT2D eigenvalue weighted by Crippen LogP contribution is -2.19. The molecule has 0 aliphatic heterocycles. The number of carbonyl (C=O) groups excluding carboxylic acids is 1. The zero-order chi connectivity index (χ0) is 7.19. The molecule has 0 amide bonds. The smallest absolute Gasteiger partial charge is 0.231 e. The van der Waals surface area contributed by atoms with Crippen molar-refractivity contribution in [2.75, 3.05) is 0 Å². The monoisotopic (exact) mass is 156 g/mol. The minimum Gasteiger partial charge on any atom is -0.280 e. The lowest BCUT2D eigenvalue weighted by molar-refractivity contribution is -0.117. The summed E-state index contributed by atoms with van der Waals surface area (Å²) in [6.45, 7) is 0. The van der Waals surface area contributed by atoms with Gasteiger partial charge < -0.3 is 0 Å². The molecular weight excluding hydrogens is 148 g/mol. The number of hydrogen-bond acceptors (Lipinski definition) is 1. The van der Waals surface area contributed by atoms with Crippen LogP contribution in [0, 0.1) is 11.3 Å². The number of carbonyl (C=O) groups is 1. The molecule has 0 aromatic carbocycles. The van der Waals surface area contributed by atoms with Crippen LogP contribution < -0.4 is 0 Å². The van der Waals surface area contributed by atoms with Crippen LogP contribution in [0.1, 0.15) is 19.3 Å².